The van der Waals surface area contributed by atoms with Crippen LogP contribution in [0.25, 0.3) is 5.65 Å². The Labute approximate surface area is 170 Å². The molecule has 1 aromatic carbocycles. The Morgan fingerprint density at radius 1 is 1.18 bits per heavy atom. The number of hydrogen-bond donors (Lipinski definition) is 1. The fourth-order valence-corrected chi connectivity index (χ4v) is 3.43. The SMILES string of the molecule is Cc1nn(Cc2ccc(Cl)cc2Cl)c(C)c1NC(=O)c1cc2ncccn2n1. The average Bonchev–Trinajstić information content (AvgIpc) is 3.21. The third-order valence-corrected chi connectivity index (χ3v) is 5.01. The molecule has 3 heterocycles. The quantitative estimate of drug-likeness (QED) is 0.543. The molecule has 4 rings (SSSR count). The van der Waals surface area contributed by atoms with Crippen LogP contribution in [0.2, 0.25) is 10.0 Å². The van der Waals surface area contributed by atoms with Gasteiger partial charge >= 0.3 is 0 Å². The number of anilines is 1. The number of hydrogen-bond acceptors (Lipinski definition) is 4. The third-order valence-electron chi connectivity index (χ3n) is 4.42. The number of halogens is 2. The van der Waals surface area contributed by atoms with Crippen molar-refractivity contribution >= 4 is 40.4 Å². The van der Waals surface area contributed by atoms with Gasteiger partial charge in [0, 0.05) is 28.5 Å². The van der Waals surface area contributed by atoms with Crippen LogP contribution in [0.3, 0.4) is 0 Å². The van der Waals surface area contributed by atoms with Crippen LogP contribution in [-0.2, 0) is 6.54 Å². The smallest absolute Gasteiger partial charge is 0.276 e. The van der Waals surface area contributed by atoms with Crippen molar-refractivity contribution in [3.63, 3.8) is 0 Å². The van der Waals surface area contributed by atoms with E-state index in [2.05, 4.69) is 20.5 Å². The Bertz CT molecular complexity index is 1160. The van der Waals surface area contributed by atoms with E-state index in [9.17, 15) is 4.79 Å². The van der Waals surface area contributed by atoms with Crippen LogP contribution in [0.5, 0.6) is 0 Å². The number of amides is 1. The largest absolute Gasteiger partial charge is 0.317 e. The predicted molar refractivity (Wildman–Crippen MR) is 108 cm³/mol. The summed E-state index contributed by atoms with van der Waals surface area (Å²) in [5, 5.41) is 12.8. The molecule has 0 aliphatic carbocycles. The van der Waals surface area contributed by atoms with Crippen LogP contribution in [0, 0.1) is 13.8 Å². The van der Waals surface area contributed by atoms with Crippen LogP contribution < -0.4 is 5.32 Å². The number of fused-ring (bicyclic) bond motifs is 1. The Morgan fingerprint density at radius 2 is 2.00 bits per heavy atom. The monoisotopic (exact) mass is 414 g/mol. The van der Waals surface area contributed by atoms with Crippen LogP contribution in [0.15, 0.2) is 42.7 Å². The molecule has 4 aromatic rings. The summed E-state index contributed by atoms with van der Waals surface area (Å²) in [5.41, 5.74) is 3.96. The van der Waals surface area contributed by atoms with Gasteiger partial charge in [-0.2, -0.15) is 10.2 Å². The average molecular weight is 415 g/mol. The lowest BCUT2D eigenvalue weighted by atomic mass is 10.2. The molecule has 3 aromatic heterocycles. The zero-order valence-electron chi connectivity index (χ0n) is 15.1. The van der Waals surface area contributed by atoms with Crippen molar-refractivity contribution in [1.82, 2.24) is 24.4 Å². The maximum Gasteiger partial charge on any atom is 0.276 e. The van der Waals surface area contributed by atoms with E-state index in [1.54, 1.807) is 45.9 Å². The molecule has 7 nitrogen and oxygen atoms in total. The molecule has 0 spiro atoms. The van der Waals surface area contributed by atoms with Crippen LogP contribution >= 0.6 is 23.2 Å². The van der Waals surface area contributed by atoms with E-state index in [0.717, 1.165) is 11.3 Å². The number of nitrogens with one attached hydrogen (secondary N) is 1. The van der Waals surface area contributed by atoms with Crippen molar-refractivity contribution in [3.8, 4) is 0 Å². The third kappa shape index (κ3) is 3.46. The fraction of sp³-hybridized carbons (Fsp3) is 0.158. The molecular weight excluding hydrogens is 399 g/mol. The lowest BCUT2D eigenvalue weighted by Gasteiger charge is -2.08. The van der Waals surface area contributed by atoms with Crippen molar-refractivity contribution in [2.75, 3.05) is 5.32 Å². The summed E-state index contributed by atoms with van der Waals surface area (Å²) in [7, 11) is 0. The highest BCUT2D eigenvalue weighted by Gasteiger charge is 2.18. The lowest BCUT2D eigenvalue weighted by molar-refractivity contribution is 0.102. The fourth-order valence-electron chi connectivity index (χ4n) is 2.96. The van der Waals surface area contributed by atoms with Gasteiger partial charge in [-0.1, -0.05) is 29.3 Å². The first kappa shape index (κ1) is 18.5. The molecule has 0 saturated carbocycles. The second-order valence-corrected chi connectivity index (χ2v) is 7.19. The van der Waals surface area contributed by atoms with E-state index in [1.165, 1.54) is 0 Å². The van der Waals surface area contributed by atoms with Gasteiger partial charge < -0.3 is 5.32 Å². The molecule has 28 heavy (non-hydrogen) atoms. The molecule has 9 heteroatoms. The maximum atomic E-state index is 12.7. The van der Waals surface area contributed by atoms with Crippen LogP contribution in [-0.4, -0.2) is 30.3 Å². The van der Waals surface area contributed by atoms with Crippen molar-refractivity contribution in [3.05, 3.63) is 75.4 Å². The van der Waals surface area contributed by atoms with E-state index >= 15 is 0 Å². The summed E-state index contributed by atoms with van der Waals surface area (Å²) in [5.74, 6) is -0.319. The standard InChI is InChI=1S/C19H16Cl2N6O/c1-11-18(23-19(28)16-9-17-22-6-3-7-26(17)25-16)12(2)27(24-11)10-13-4-5-14(20)8-15(13)21/h3-9H,10H2,1-2H3,(H,23,28). The molecule has 0 bridgehead atoms. The summed E-state index contributed by atoms with van der Waals surface area (Å²) in [6, 6.07) is 8.74. The summed E-state index contributed by atoms with van der Waals surface area (Å²) < 4.78 is 3.35. The minimum absolute atomic E-state index is 0.283. The highest BCUT2D eigenvalue weighted by Crippen LogP contribution is 2.25. The molecule has 0 aliphatic rings. The van der Waals surface area contributed by atoms with Crippen molar-refractivity contribution in [1.29, 1.82) is 0 Å². The van der Waals surface area contributed by atoms with Gasteiger partial charge in [-0.25, -0.2) is 9.50 Å². The molecule has 0 saturated heterocycles. The Hall–Kier alpha value is -2.90. The highest BCUT2D eigenvalue weighted by molar-refractivity contribution is 6.35. The molecule has 1 amide bonds. The second kappa shape index (κ2) is 7.26. The van der Waals surface area contributed by atoms with E-state index < -0.39 is 0 Å². The first-order valence-electron chi connectivity index (χ1n) is 8.52. The normalized spacial score (nSPS) is 11.1. The second-order valence-electron chi connectivity index (χ2n) is 6.35. The van der Waals surface area contributed by atoms with E-state index in [-0.39, 0.29) is 11.6 Å². The van der Waals surface area contributed by atoms with Crippen molar-refractivity contribution in [2.45, 2.75) is 20.4 Å². The Morgan fingerprint density at radius 3 is 2.75 bits per heavy atom. The minimum Gasteiger partial charge on any atom is -0.317 e. The summed E-state index contributed by atoms with van der Waals surface area (Å²) >= 11 is 12.2. The minimum atomic E-state index is -0.319. The van der Waals surface area contributed by atoms with Gasteiger partial charge in [-0.15, -0.1) is 0 Å². The van der Waals surface area contributed by atoms with Gasteiger partial charge in [-0.05, 0) is 37.6 Å². The number of carbonyl (C=O) groups excluding carboxylic acids is 1. The topological polar surface area (TPSA) is 77.1 Å². The molecule has 0 radical (unpaired) electrons. The molecule has 0 aliphatic heterocycles. The summed E-state index contributed by atoms with van der Waals surface area (Å²) in [6.45, 7) is 4.20. The van der Waals surface area contributed by atoms with Gasteiger partial charge in [0.2, 0.25) is 0 Å². The first-order chi connectivity index (χ1) is 13.4. The van der Waals surface area contributed by atoms with Crippen molar-refractivity contribution < 1.29 is 4.79 Å². The number of benzene rings is 1. The lowest BCUT2D eigenvalue weighted by Crippen LogP contribution is -2.14. The molecule has 0 unspecified atom stereocenters. The first-order valence-corrected chi connectivity index (χ1v) is 9.27. The molecular formula is C19H16Cl2N6O. The molecule has 0 fully saturated rings. The number of nitrogens with zero attached hydrogens (tertiary/aromatic N) is 5. The van der Waals surface area contributed by atoms with Gasteiger partial charge in [0.05, 0.1) is 23.6 Å². The summed E-state index contributed by atoms with van der Waals surface area (Å²) in [6.07, 6.45) is 3.39. The molecule has 0 atom stereocenters. The van der Waals surface area contributed by atoms with E-state index in [0.29, 0.717) is 33.6 Å². The Kier molecular flexibility index (Phi) is 4.78. The van der Waals surface area contributed by atoms with E-state index in [4.69, 9.17) is 23.2 Å². The number of rotatable bonds is 4. The zero-order chi connectivity index (χ0) is 19.8. The van der Waals surface area contributed by atoms with Crippen LogP contribution in [0.1, 0.15) is 27.4 Å². The molecule has 142 valence electrons. The van der Waals surface area contributed by atoms with Gasteiger partial charge in [0.25, 0.3) is 5.91 Å². The maximum absolute atomic E-state index is 12.7. The Balaban J connectivity index is 1.59. The van der Waals surface area contributed by atoms with Gasteiger partial charge in [-0.3, -0.25) is 9.48 Å². The molecule has 1 N–H and O–H groups in total. The van der Waals surface area contributed by atoms with Crippen LogP contribution in [0.4, 0.5) is 5.69 Å². The highest BCUT2D eigenvalue weighted by atomic mass is 35.5. The van der Waals surface area contributed by atoms with Crippen molar-refractivity contribution in [2.24, 2.45) is 0 Å². The van der Waals surface area contributed by atoms with Gasteiger partial charge in [0.1, 0.15) is 0 Å². The number of aromatic nitrogens is 5. The van der Waals surface area contributed by atoms with E-state index in [1.807, 2.05) is 19.9 Å². The van der Waals surface area contributed by atoms with Gasteiger partial charge in [0.15, 0.2) is 11.3 Å². The predicted octanol–water partition coefficient (Wildman–Crippen LogP) is 4.15. The summed E-state index contributed by atoms with van der Waals surface area (Å²) in [4.78, 5) is 16.8. The zero-order valence-corrected chi connectivity index (χ0v) is 16.7. The number of aryl methyl sites for hydroxylation is 1. The number of carbonyl (C=O) groups is 1.